The Bertz CT molecular complexity index is 573. The Kier molecular flexibility index (Phi) is 7.03. The molecule has 0 unspecified atom stereocenters. The second-order valence-electron chi connectivity index (χ2n) is 5.92. The molecule has 0 radical (unpaired) electrons. The van der Waals surface area contributed by atoms with Crippen molar-refractivity contribution >= 4 is 15.9 Å². The van der Waals surface area contributed by atoms with E-state index in [4.69, 9.17) is 0 Å². The van der Waals surface area contributed by atoms with E-state index in [9.17, 15) is 8.42 Å². The Morgan fingerprint density at radius 2 is 1.68 bits per heavy atom. The number of amidine groups is 1. The van der Waals surface area contributed by atoms with Crippen molar-refractivity contribution in [2.45, 2.75) is 46.3 Å². The van der Waals surface area contributed by atoms with Gasteiger partial charge >= 0.3 is 0 Å². The molecule has 5 nitrogen and oxygen atoms in total. The third kappa shape index (κ3) is 6.58. The first-order chi connectivity index (χ1) is 10.2. The first kappa shape index (κ1) is 18.6. The molecule has 0 heterocycles. The van der Waals surface area contributed by atoms with Crippen LogP contribution < -0.4 is 5.32 Å². The van der Waals surface area contributed by atoms with Crippen LogP contribution in [0.15, 0.2) is 34.7 Å². The molecule has 0 fully saturated rings. The highest BCUT2D eigenvalue weighted by atomic mass is 32.2. The predicted molar refractivity (Wildman–Crippen MR) is 92.5 cm³/mol. The fourth-order valence-corrected chi connectivity index (χ4v) is 3.01. The minimum atomic E-state index is -3.42. The summed E-state index contributed by atoms with van der Waals surface area (Å²) in [6.45, 7) is 9.24. The minimum absolute atomic E-state index is 0.180. The largest absolute Gasteiger partial charge is 0.353 e. The number of benzene rings is 1. The van der Waals surface area contributed by atoms with Gasteiger partial charge in [0.15, 0.2) is 0 Å². The second kappa shape index (κ2) is 8.29. The highest BCUT2D eigenvalue weighted by Gasteiger charge is 2.19. The maximum atomic E-state index is 11.6. The van der Waals surface area contributed by atoms with E-state index in [1.807, 2.05) is 62.9 Å². The third-order valence-corrected chi connectivity index (χ3v) is 3.68. The topological polar surface area (TPSA) is 61.8 Å². The van der Waals surface area contributed by atoms with E-state index in [0.29, 0.717) is 18.9 Å². The molecule has 1 aromatic carbocycles. The highest BCUT2D eigenvalue weighted by molar-refractivity contribution is 7.89. The number of sulfonamides is 1. The Labute approximate surface area is 134 Å². The monoisotopic (exact) mass is 325 g/mol. The Morgan fingerprint density at radius 1 is 1.14 bits per heavy atom. The molecule has 0 aromatic heterocycles. The van der Waals surface area contributed by atoms with Gasteiger partial charge in [-0.2, -0.15) is 0 Å². The zero-order valence-corrected chi connectivity index (χ0v) is 14.9. The molecule has 0 saturated carbocycles. The van der Waals surface area contributed by atoms with Gasteiger partial charge in [-0.25, -0.2) is 8.42 Å². The summed E-state index contributed by atoms with van der Waals surface area (Å²) in [7, 11) is -3.42. The van der Waals surface area contributed by atoms with Crippen LogP contribution in [-0.4, -0.2) is 44.0 Å². The van der Waals surface area contributed by atoms with E-state index in [1.165, 1.54) is 0 Å². The zero-order valence-electron chi connectivity index (χ0n) is 14.1. The maximum Gasteiger partial charge on any atom is 0.251 e. The predicted octanol–water partition coefficient (Wildman–Crippen LogP) is 2.25. The molecule has 0 bridgehead atoms. The van der Waals surface area contributed by atoms with Gasteiger partial charge in [-0.15, -0.1) is 4.40 Å². The lowest BCUT2D eigenvalue weighted by Crippen LogP contribution is -2.46. The quantitative estimate of drug-likeness (QED) is 0.617. The van der Waals surface area contributed by atoms with Crippen LogP contribution in [-0.2, 0) is 16.6 Å². The summed E-state index contributed by atoms with van der Waals surface area (Å²) < 4.78 is 27.1. The summed E-state index contributed by atoms with van der Waals surface area (Å²) in [6, 6.07) is 10.4. The zero-order chi connectivity index (χ0) is 16.8. The molecule has 0 spiro atoms. The van der Waals surface area contributed by atoms with Crippen molar-refractivity contribution in [1.82, 2.24) is 10.2 Å². The molecular formula is C16H27N3O2S. The lowest BCUT2D eigenvalue weighted by atomic mass is 10.2. The Balaban J connectivity index is 2.85. The van der Waals surface area contributed by atoms with E-state index in [-0.39, 0.29) is 12.1 Å². The molecule has 0 aliphatic rings. The summed E-state index contributed by atoms with van der Waals surface area (Å²) >= 11 is 0. The van der Waals surface area contributed by atoms with Crippen molar-refractivity contribution in [3.05, 3.63) is 35.9 Å². The average molecular weight is 325 g/mol. The maximum absolute atomic E-state index is 11.6. The highest BCUT2D eigenvalue weighted by Crippen LogP contribution is 2.08. The minimum Gasteiger partial charge on any atom is -0.353 e. The van der Waals surface area contributed by atoms with Gasteiger partial charge < -0.3 is 10.2 Å². The molecule has 0 aliphatic carbocycles. The lowest BCUT2D eigenvalue weighted by molar-refractivity contribution is 0.287. The van der Waals surface area contributed by atoms with Gasteiger partial charge in [0, 0.05) is 18.6 Å². The van der Waals surface area contributed by atoms with Crippen LogP contribution in [0.1, 0.15) is 33.3 Å². The van der Waals surface area contributed by atoms with E-state index >= 15 is 0 Å². The lowest BCUT2D eigenvalue weighted by Gasteiger charge is -2.33. The molecule has 1 aromatic rings. The third-order valence-electron chi connectivity index (χ3n) is 3.14. The van der Waals surface area contributed by atoms with Crippen molar-refractivity contribution in [2.75, 3.05) is 12.8 Å². The van der Waals surface area contributed by atoms with Crippen LogP contribution in [0.4, 0.5) is 0 Å². The number of nitrogens with zero attached hydrogens (tertiary/aromatic N) is 2. The van der Waals surface area contributed by atoms with E-state index in [1.54, 1.807) is 0 Å². The molecule has 22 heavy (non-hydrogen) atoms. The standard InChI is InChI=1S/C16H27N3O2S/c1-13(2)19(14(3)4)16(18-22(5,20)21)12-17-11-15-9-7-6-8-10-15/h6-10,13-14,17H,11-12H2,1-5H3/b18-16+. The van der Waals surface area contributed by atoms with Crippen LogP contribution in [0.5, 0.6) is 0 Å². The summed E-state index contributed by atoms with van der Waals surface area (Å²) in [5, 5.41) is 3.28. The summed E-state index contributed by atoms with van der Waals surface area (Å²) in [5.41, 5.74) is 1.15. The van der Waals surface area contributed by atoms with E-state index in [2.05, 4.69) is 9.71 Å². The number of rotatable bonds is 7. The van der Waals surface area contributed by atoms with E-state index in [0.717, 1.165) is 11.8 Å². The van der Waals surface area contributed by atoms with Crippen molar-refractivity contribution < 1.29 is 8.42 Å². The molecule has 124 valence electrons. The molecule has 0 amide bonds. The molecule has 1 N–H and O–H groups in total. The number of hydrogen-bond donors (Lipinski definition) is 1. The average Bonchev–Trinajstić information content (AvgIpc) is 2.37. The first-order valence-corrected chi connectivity index (χ1v) is 9.37. The number of nitrogens with one attached hydrogen (secondary N) is 1. The fraction of sp³-hybridized carbons (Fsp3) is 0.562. The van der Waals surface area contributed by atoms with Crippen molar-refractivity contribution in [1.29, 1.82) is 0 Å². The van der Waals surface area contributed by atoms with Crippen LogP contribution in [0.3, 0.4) is 0 Å². The molecule has 0 saturated heterocycles. The molecular weight excluding hydrogens is 298 g/mol. The molecule has 6 heteroatoms. The Morgan fingerprint density at radius 3 is 2.14 bits per heavy atom. The first-order valence-electron chi connectivity index (χ1n) is 7.52. The van der Waals surface area contributed by atoms with Gasteiger partial charge in [0.2, 0.25) is 0 Å². The normalized spacial score (nSPS) is 13.0. The van der Waals surface area contributed by atoms with Crippen molar-refractivity contribution in [3.63, 3.8) is 0 Å². The van der Waals surface area contributed by atoms with Gasteiger partial charge in [-0.05, 0) is 33.3 Å². The van der Waals surface area contributed by atoms with Crippen molar-refractivity contribution in [3.8, 4) is 0 Å². The Hall–Kier alpha value is -1.40. The van der Waals surface area contributed by atoms with Gasteiger partial charge in [0.05, 0.1) is 12.8 Å². The number of hydrogen-bond acceptors (Lipinski definition) is 3. The van der Waals surface area contributed by atoms with Gasteiger partial charge in [0.25, 0.3) is 10.0 Å². The molecule has 0 aliphatic heterocycles. The summed E-state index contributed by atoms with van der Waals surface area (Å²) in [5.74, 6) is 0.559. The van der Waals surface area contributed by atoms with Crippen LogP contribution in [0.2, 0.25) is 0 Å². The van der Waals surface area contributed by atoms with Crippen LogP contribution >= 0.6 is 0 Å². The summed E-state index contributed by atoms with van der Waals surface area (Å²) in [4.78, 5) is 2.03. The molecule has 0 atom stereocenters. The fourth-order valence-electron chi connectivity index (χ4n) is 2.47. The smallest absolute Gasteiger partial charge is 0.251 e. The van der Waals surface area contributed by atoms with E-state index < -0.39 is 10.0 Å². The molecule has 1 rings (SSSR count). The second-order valence-corrected chi connectivity index (χ2v) is 7.57. The van der Waals surface area contributed by atoms with Gasteiger partial charge in [-0.3, -0.25) is 0 Å². The van der Waals surface area contributed by atoms with Crippen LogP contribution in [0, 0.1) is 0 Å². The van der Waals surface area contributed by atoms with Gasteiger partial charge in [0.1, 0.15) is 5.84 Å². The summed E-state index contributed by atoms with van der Waals surface area (Å²) in [6.07, 6.45) is 1.13. The van der Waals surface area contributed by atoms with Crippen LogP contribution in [0.25, 0.3) is 0 Å². The van der Waals surface area contributed by atoms with Crippen molar-refractivity contribution in [2.24, 2.45) is 4.40 Å². The SMILES string of the molecule is CC(C)N(/C(CNCc1ccccc1)=N/S(C)(=O)=O)C(C)C. The van der Waals surface area contributed by atoms with Gasteiger partial charge in [-0.1, -0.05) is 30.3 Å².